The molecule has 1 heterocycles. The topological polar surface area (TPSA) is 42.2 Å². The first-order valence-electron chi connectivity index (χ1n) is 7.54. The van der Waals surface area contributed by atoms with Crippen LogP contribution >= 0.6 is 0 Å². The second-order valence-corrected chi connectivity index (χ2v) is 5.82. The average molecular weight is 387 g/mol. The highest BCUT2D eigenvalue weighted by Crippen LogP contribution is 2.50. The number of alkyl halides is 6. The zero-order chi connectivity index (χ0) is 20.0. The molecule has 0 unspecified atom stereocenters. The molecular weight excluding hydrogens is 376 g/mol. The highest BCUT2D eigenvalue weighted by atomic mass is 19.4. The number of para-hydroxylation sites is 1. The second-order valence-electron chi connectivity index (χ2n) is 5.82. The van der Waals surface area contributed by atoms with Crippen LogP contribution in [-0.2, 0) is 5.60 Å². The van der Waals surface area contributed by atoms with E-state index in [1.807, 2.05) is 0 Å². The summed E-state index contributed by atoms with van der Waals surface area (Å²) in [5.74, 6) is 0. The van der Waals surface area contributed by atoms with E-state index in [-0.39, 0.29) is 11.1 Å². The number of benzene rings is 2. The van der Waals surface area contributed by atoms with Crippen LogP contribution in [0.15, 0.2) is 65.6 Å². The van der Waals surface area contributed by atoms with E-state index in [2.05, 4.69) is 0 Å². The van der Waals surface area contributed by atoms with Crippen molar-refractivity contribution in [1.82, 2.24) is 4.57 Å². The normalized spacial score (nSPS) is 13.1. The van der Waals surface area contributed by atoms with Crippen LogP contribution < -0.4 is 5.43 Å². The molecule has 0 saturated carbocycles. The molecule has 142 valence electrons. The molecule has 3 aromatic rings. The minimum absolute atomic E-state index is 0.224. The van der Waals surface area contributed by atoms with Crippen LogP contribution in [0.2, 0.25) is 0 Å². The standard InChI is InChI=1S/C18H11F6NO2/c19-17(20,21)16(27,18(22,23)24)11-5-7-12(8-6-11)25-10-9-15(26)13-3-1-2-4-14(13)25/h1-10,27H. The molecule has 9 heteroatoms. The number of nitrogens with zero attached hydrogens (tertiary/aromatic N) is 1. The zero-order valence-corrected chi connectivity index (χ0v) is 13.3. The monoisotopic (exact) mass is 387 g/mol. The van der Waals surface area contributed by atoms with Crippen molar-refractivity contribution in [2.75, 3.05) is 0 Å². The van der Waals surface area contributed by atoms with E-state index in [0.29, 0.717) is 23.0 Å². The van der Waals surface area contributed by atoms with Gasteiger partial charge in [-0.2, -0.15) is 26.3 Å². The Morgan fingerprint density at radius 3 is 1.89 bits per heavy atom. The predicted octanol–water partition coefficient (Wildman–Crippen LogP) is 4.30. The minimum atomic E-state index is -5.95. The number of hydrogen-bond acceptors (Lipinski definition) is 2. The third-order valence-electron chi connectivity index (χ3n) is 4.19. The number of aromatic nitrogens is 1. The van der Waals surface area contributed by atoms with Gasteiger partial charge in [0.15, 0.2) is 5.43 Å². The van der Waals surface area contributed by atoms with Crippen molar-refractivity contribution in [2.24, 2.45) is 0 Å². The average Bonchev–Trinajstić information content (AvgIpc) is 2.60. The van der Waals surface area contributed by atoms with Gasteiger partial charge in [0.1, 0.15) is 0 Å². The maximum absolute atomic E-state index is 13.0. The molecule has 0 atom stereocenters. The maximum atomic E-state index is 13.0. The van der Waals surface area contributed by atoms with Gasteiger partial charge in [-0.05, 0) is 24.3 Å². The van der Waals surface area contributed by atoms with Crippen molar-refractivity contribution in [3.63, 3.8) is 0 Å². The van der Waals surface area contributed by atoms with Gasteiger partial charge < -0.3 is 9.67 Å². The Morgan fingerprint density at radius 1 is 0.778 bits per heavy atom. The maximum Gasteiger partial charge on any atom is 0.430 e. The molecule has 3 nitrogen and oxygen atoms in total. The summed E-state index contributed by atoms with van der Waals surface area (Å²) < 4.78 is 79.2. The Morgan fingerprint density at radius 2 is 1.33 bits per heavy atom. The van der Waals surface area contributed by atoms with Crippen molar-refractivity contribution < 1.29 is 31.4 Å². The third-order valence-corrected chi connectivity index (χ3v) is 4.19. The van der Waals surface area contributed by atoms with Gasteiger partial charge in [0.2, 0.25) is 0 Å². The lowest BCUT2D eigenvalue weighted by atomic mass is 9.92. The fourth-order valence-corrected chi connectivity index (χ4v) is 2.78. The molecule has 0 spiro atoms. The Balaban J connectivity index is 2.14. The summed E-state index contributed by atoms with van der Waals surface area (Å²) in [6.45, 7) is 0. The van der Waals surface area contributed by atoms with Gasteiger partial charge in [-0.1, -0.05) is 24.3 Å². The van der Waals surface area contributed by atoms with Gasteiger partial charge >= 0.3 is 12.4 Å². The lowest BCUT2D eigenvalue weighted by Gasteiger charge is -2.32. The number of hydrogen-bond donors (Lipinski definition) is 1. The summed E-state index contributed by atoms with van der Waals surface area (Å²) in [6.07, 6.45) is -10.5. The van der Waals surface area contributed by atoms with Gasteiger partial charge in [-0.25, -0.2) is 0 Å². The van der Waals surface area contributed by atoms with E-state index >= 15 is 0 Å². The Hall–Kier alpha value is -2.81. The van der Waals surface area contributed by atoms with E-state index in [1.54, 1.807) is 24.3 Å². The van der Waals surface area contributed by atoms with Crippen LogP contribution in [0, 0.1) is 0 Å². The van der Waals surface area contributed by atoms with Crippen LogP contribution in [0.25, 0.3) is 16.6 Å². The molecule has 1 aromatic heterocycles. The molecule has 0 bridgehead atoms. The van der Waals surface area contributed by atoms with Crippen molar-refractivity contribution in [3.05, 3.63) is 76.6 Å². The van der Waals surface area contributed by atoms with E-state index < -0.39 is 23.5 Å². The minimum Gasteiger partial charge on any atom is -0.369 e. The summed E-state index contributed by atoms with van der Waals surface area (Å²) in [7, 11) is 0. The van der Waals surface area contributed by atoms with Crippen LogP contribution in [0.3, 0.4) is 0 Å². The van der Waals surface area contributed by atoms with Crippen molar-refractivity contribution >= 4 is 10.9 Å². The molecule has 27 heavy (non-hydrogen) atoms. The van der Waals surface area contributed by atoms with Gasteiger partial charge in [0.25, 0.3) is 5.60 Å². The predicted molar refractivity (Wildman–Crippen MR) is 85.6 cm³/mol. The molecule has 1 N–H and O–H groups in total. The Bertz CT molecular complexity index is 1020. The molecule has 0 radical (unpaired) electrons. The highest BCUT2D eigenvalue weighted by molar-refractivity contribution is 5.80. The summed E-state index contributed by atoms with van der Waals surface area (Å²) in [6, 6.07) is 10.8. The SMILES string of the molecule is O=c1ccn(-c2ccc(C(O)(C(F)(F)F)C(F)(F)F)cc2)c2ccccc12. The number of fused-ring (bicyclic) bond motifs is 1. The molecule has 0 aliphatic carbocycles. The van der Waals surface area contributed by atoms with Crippen LogP contribution in [0.5, 0.6) is 0 Å². The molecule has 3 rings (SSSR count). The largest absolute Gasteiger partial charge is 0.430 e. The molecule has 0 saturated heterocycles. The molecule has 0 aliphatic rings. The van der Waals surface area contributed by atoms with Crippen molar-refractivity contribution in [1.29, 1.82) is 0 Å². The van der Waals surface area contributed by atoms with E-state index in [1.165, 1.54) is 16.8 Å². The van der Waals surface area contributed by atoms with E-state index in [4.69, 9.17) is 0 Å². The number of pyridine rings is 1. The molecular formula is C18H11F6NO2. The second kappa shape index (κ2) is 6.12. The lowest BCUT2D eigenvalue weighted by molar-refractivity contribution is -0.376. The van der Waals surface area contributed by atoms with Crippen molar-refractivity contribution in [2.45, 2.75) is 18.0 Å². The summed E-state index contributed by atoms with van der Waals surface area (Å²) in [4.78, 5) is 11.9. The number of halogens is 6. The number of rotatable bonds is 2. The van der Waals surface area contributed by atoms with Crippen molar-refractivity contribution in [3.8, 4) is 5.69 Å². The summed E-state index contributed by atoms with van der Waals surface area (Å²) in [5, 5.41) is 9.77. The van der Waals surface area contributed by atoms with Gasteiger partial charge in [0, 0.05) is 28.9 Å². The van der Waals surface area contributed by atoms with Crippen LogP contribution in [0.4, 0.5) is 26.3 Å². The molecule has 2 aromatic carbocycles. The van der Waals surface area contributed by atoms with E-state index in [0.717, 1.165) is 12.1 Å². The van der Waals surface area contributed by atoms with Gasteiger partial charge in [0.05, 0.1) is 5.52 Å². The third kappa shape index (κ3) is 2.97. The first-order valence-corrected chi connectivity index (χ1v) is 7.54. The molecule has 0 amide bonds. The van der Waals surface area contributed by atoms with Gasteiger partial charge in [-0.15, -0.1) is 0 Å². The highest BCUT2D eigenvalue weighted by Gasteiger charge is 2.71. The quantitative estimate of drug-likeness (QED) is 0.667. The lowest BCUT2D eigenvalue weighted by Crippen LogP contribution is -2.53. The summed E-state index contributed by atoms with van der Waals surface area (Å²) in [5.41, 5.74) is -5.95. The van der Waals surface area contributed by atoms with Gasteiger partial charge in [-0.3, -0.25) is 4.79 Å². The Kier molecular flexibility index (Phi) is 4.30. The fourth-order valence-electron chi connectivity index (χ4n) is 2.78. The Labute approximate surface area is 148 Å². The molecule has 0 aliphatic heterocycles. The first-order chi connectivity index (χ1) is 12.5. The molecule has 0 fully saturated rings. The smallest absolute Gasteiger partial charge is 0.369 e. The zero-order valence-electron chi connectivity index (χ0n) is 13.3. The first kappa shape index (κ1) is 19.0. The van der Waals surface area contributed by atoms with E-state index in [9.17, 15) is 36.2 Å². The number of aliphatic hydroxyl groups is 1. The van der Waals surface area contributed by atoms with Crippen LogP contribution in [0.1, 0.15) is 5.56 Å². The van der Waals surface area contributed by atoms with Crippen LogP contribution in [-0.4, -0.2) is 22.0 Å². The summed E-state index contributed by atoms with van der Waals surface area (Å²) >= 11 is 0. The fraction of sp³-hybridized carbons (Fsp3) is 0.167.